The smallest absolute Gasteiger partial charge is 0.126 e. The Hall–Kier alpha value is -0.610. The summed E-state index contributed by atoms with van der Waals surface area (Å²) in [6.07, 6.45) is 0. The van der Waals surface area contributed by atoms with E-state index in [0.29, 0.717) is 10.0 Å². The van der Waals surface area contributed by atoms with Gasteiger partial charge in [-0.1, -0.05) is 51.3 Å². The predicted octanol–water partition coefficient (Wildman–Crippen LogP) is 6.03. The summed E-state index contributed by atoms with van der Waals surface area (Å²) in [4.78, 5) is 4.59. The molecule has 0 aliphatic heterocycles. The summed E-state index contributed by atoms with van der Waals surface area (Å²) >= 11 is 17.3. The number of nitrogens with zero attached hydrogens (tertiary/aromatic N) is 1. The van der Waals surface area contributed by atoms with E-state index in [1.54, 1.807) is 17.4 Å². The lowest BCUT2D eigenvalue weighted by Gasteiger charge is -2.00. The van der Waals surface area contributed by atoms with Gasteiger partial charge in [0.05, 0.1) is 20.3 Å². The van der Waals surface area contributed by atoms with E-state index in [9.17, 15) is 0 Å². The van der Waals surface area contributed by atoms with E-state index in [4.69, 9.17) is 23.2 Å². The van der Waals surface area contributed by atoms with Crippen molar-refractivity contribution in [1.29, 1.82) is 0 Å². The molecule has 0 aliphatic rings. The molecular weight excluding hydrogens is 353 g/mol. The zero-order valence-corrected chi connectivity index (χ0v) is 12.9. The minimum absolute atomic E-state index is 0.551. The summed E-state index contributed by atoms with van der Waals surface area (Å²) in [6.45, 7) is 0. The van der Waals surface area contributed by atoms with Gasteiger partial charge >= 0.3 is 0 Å². The average molecular weight is 359 g/mol. The van der Waals surface area contributed by atoms with Crippen LogP contribution in [0.25, 0.3) is 20.8 Å². The fraction of sp³-hybridized carbons (Fsp3) is 0. The van der Waals surface area contributed by atoms with Crippen LogP contribution in [0.15, 0.2) is 40.9 Å². The molecular formula is C13H6BrCl2NS. The molecule has 18 heavy (non-hydrogen) atoms. The van der Waals surface area contributed by atoms with Crippen molar-refractivity contribution < 1.29 is 0 Å². The third-order valence-electron chi connectivity index (χ3n) is 2.53. The minimum Gasteiger partial charge on any atom is -0.236 e. The lowest BCUT2D eigenvalue weighted by Crippen LogP contribution is -1.78. The third-order valence-corrected chi connectivity index (χ3v) is 4.91. The van der Waals surface area contributed by atoms with Crippen LogP contribution in [0.4, 0.5) is 0 Å². The molecule has 0 saturated carbocycles. The fourth-order valence-electron chi connectivity index (χ4n) is 1.68. The van der Waals surface area contributed by atoms with Crippen LogP contribution >= 0.6 is 50.5 Å². The number of aromatic nitrogens is 1. The Morgan fingerprint density at radius 2 is 1.94 bits per heavy atom. The van der Waals surface area contributed by atoms with Gasteiger partial charge in [0.15, 0.2) is 0 Å². The van der Waals surface area contributed by atoms with E-state index in [1.807, 2.05) is 30.3 Å². The molecule has 3 aromatic rings. The largest absolute Gasteiger partial charge is 0.236 e. The third kappa shape index (κ3) is 2.16. The number of benzene rings is 2. The number of hydrogen-bond donors (Lipinski definition) is 0. The van der Waals surface area contributed by atoms with E-state index in [-0.39, 0.29) is 0 Å². The van der Waals surface area contributed by atoms with Gasteiger partial charge in [0.25, 0.3) is 0 Å². The molecule has 0 bridgehead atoms. The first-order valence-electron chi connectivity index (χ1n) is 5.15. The maximum atomic E-state index is 6.21. The second kappa shape index (κ2) is 4.82. The van der Waals surface area contributed by atoms with Gasteiger partial charge in [-0.05, 0) is 24.3 Å². The number of fused-ring (bicyclic) bond motifs is 1. The standard InChI is InChI=1S/C13H6BrCl2NS/c14-7-4-5-11-10(6-7)17-13(18-11)8-2-1-3-9(15)12(8)16/h1-6H. The average Bonchev–Trinajstić information content (AvgIpc) is 2.75. The number of thiazole rings is 1. The highest BCUT2D eigenvalue weighted by molar-refractivity contribution is 9.10. The summed E-state index contributed by atoms with van der Waals surface area (Å²) in [7, 11) is 0. The topological polar surface area (TPSA) is 12.9 Å². The Kier molecular flexibility index (Phi) is 3.32. The zero-order valence-electron chi connectivity index (χ0n) is 8.95. The maximum absolute atomic E-state index is 6.21. The van der Waals surface area contributed by atoms with Crippen LogP contribution in [-0.2, 0) is 0 Å². The molecule has 0 spiro atoms. The monoisotopic (exact) mass is 357 g/mol. The van der Waals surface area contributed by atoms with Gasteiger partial charge in [-0.25, -0.2) is 4.98 Å². The Morgan fingerprint density at radius 1 is 1.11 bits per heavy atom. The SMILES string of the molecule is Clc1cccc(-c2nc3cc(Br)ccc3s2)c1Cl. The molecule has 0 aliphatic carbocycles. The number of halogens is 3. The second-order valence-corrected chi connectivity index (χ2v) is 6.46. The molecule has 5 heteroatoms. The molecule has 0 unspecified atom stereocenters. The van der Waals surface area contributed by atoms with Gasteiger partial charge in [0.2, 0.25) is 0 Å². The van der Waals surface area contributed by atoms with Gasteiger partial charge in [-0.15, -0.1) is 11.3 Å². The Labute approximate surface area is 127 Å². The lowest BCUT2D eigenvalue weighted by atomic mass is 10.2. The molecule has 0 amide bonds. The van der Waals surface area contributed by atoms with Crippen molar-refractivity contribution in [3.8, 4) is 10.6 Å². The highest BCUT2D eigenvalue weighted by atomic mass is 79.9. The van der Waals surface area contributed by atoms with E-state index in [0.717, 1.165) is 25.3 Å². The summed E-state index contributed by atoms with van der Waals surface area (Å²) in [6, 6.07) is 11.6. The van der Waals surface area contributed by atoms with Gasteiger partial charge in [-0.2, -0.15) is 0 Å². The lowest BCUT2D eigenvalue weighted by molar-refractivity contribution is 1.47. The molecule has 1 aromatic heterocycles. The van der Waals surface area contributed by atoms with Crippen LogP contribution < -0.4 is 0 Å². The van der Waals surface area contributed by atoms with Crippen molar-refractivity contribution in [1.82, 2.24) is 4.98 Å². The summed E-state index contributed by atoms with van der Waals surface area (Å²) in [5.41, 5.74) is 1.84. The van der Waals surface area contributed by atoms with Crippen molar-refractivity contribution in [3.05, 3.63) is 50.9 Å². The normalized spacial score (nSPS) is 11.1. The van der Waals surface area contributed by atoms with Gasteiger partial charge in [-0.3, -0.25) is 0 Å². The number of rotatable bonds is 1. The highest BCUT2D eigenvalue weighted by Gasteiger charge is 2.11. The Morgan fingerprint density at radius 3 is 2.78 bits per heavy atom. The van der Waals surface area contributed by atoms with Crippen molar-refractivity contribution >= 4 is 60.7 Å². The summed E-state index contributed by atoms with van der Waals surface area (Å²) < 4.78 is 2.15. The van der Waals surface area contributed by atoms with E-state index < -0.39 is 0 Å². The van der Waals surface area contributed by atoms with E-state index >= 15 is 0 Å². The highest BCUT2D eigenvalue weighted by Crippen LogP contribution is 2.37. The second-order valence-electron chi connectivity index (χ2n) is 3.73. The number of hydrogen-bond acceptors (Lipinski definition) is 2. The van der Waals surface area contributed by atoms with E-state index in [2.05, 4.69) is 20.9 Å². The Balaban J connectivity index is 2.22. The first-order valence-corrected chi connectivity index (χ1v) is 7.52. The fourth-order valence-corrected chi connectivity index (χ4v) is 3.46. The van der Waals surface area contributed by atoms with Crippen LogP contribution in [0.1, 0.15) is 0 Å². The molecule has 0 saturated heterocycles. The Bertz CT molecular complexity index is 739. The first kappa shape index (κ1) is 12.4. The first-order chi connectivity index (χ1) is 8.65. The molecule has 1 nitrogen and oxygen atoms in total. The van der Waals surface area contributed by atoms with Crippen molar-refractivity contribution in [2.24, 2.45) is 0 Å². The molecule has 0 radical (unpaired) electrons. The van der Waals surface area contributed by atoms with Gasteiger partial charge in [0, 0.05) is 10.0 Å². The minimum atomic E-state index is 0.551. The molecule has 0 fully saturated rings. The summed E-state index contributed by atoms with van der Waals surface area (Å²) in [5, 5.41) is 1.99. The van der Waals surface area contributed by atoms with Crippen LogP contribution in [0.5, 0.6) is 0 Å². The van der Waals surface area contributed by atoms with Crippen molar-refractivity contribution in [2.75, 3.05) is 0 Å². The summed E-state index contributed by atoms with van der Waals surface area (Å²) in [5.74, 6) is 0. The van der Waals surface area contributed by atoms with Crippen LogP contribution in [0.2, 0.25) is 10.0 Å². The molecule has 90 valence electrons. The van der Waals surface area contributed by atoms with Crippen LogP contribution in [0, 0.1) is 0 Å². The zero-order chi connectivity index (χ0) is 12.7. The van der Waals surface area contributed by atoms with Crippen LogP contribution in [-0.4, -0.2) is 4.98 Å². The van der Waals surface area contributed by atoms with Crippen LogP contribution in [0.3, 0.4) is 0 Å². The van der Waals surface area contributed by atoms with E-state index in [1.165, 1.54) is 0 Å². The van der Waals surface area contributed by atoms with Crippen molar-refractivity contribution in [3.63, 3.8) is 0 Å². The maximum Gasteiger partial charge on any atom is 0.126 e. The quantitative estimate of drug-likeness (QED) is 0.517. The van der Waals surface area contributed by atoms with Crippen molar-refractivity contribution in [2.45, 2.75) is 0 Å². The molecule has 0 N–H and O–H groups in total. The molecule has 3 rings (SSSR count). The van der Waals surface area contributed by atoms with Gasteiger partial charge < -0.3 is 0 Å². The van der Waals surface area contributed by atoms with Gasteiger partial charge in [0.1, 0.15) is 5.01 Å². The molecule has 2 aromatic carbocycles. The molecule has 1 heterocycles. The predicted molar refractivity (Wildman–Crippen MR) is 82.8 cm³/mol. The molecule has 0 atom stereocenters.